The van der Waals surface area contributed by atoms with Crippen LogP contribution in [0.5, 0.6) is 0 Å². The maximum Gasteiger partial charge on any atom is 0.269 e. The standard InChI is InChI=1S/C21H26N4O/c26-20-11-19(17-7-4-10-22-13-17)24-21(12-15-5-2-1-3-6-15)18(16-8-9-16)14-23-25(20)21/h1-3,5-6,11,14,16-17,22-24H,4,7-10,12-13H2. The number of hydrazine groups is 1. The molecule has 2 unspecified atom stereocenters. The van der Waals surface area contributed by atoms with Gasteiger partial charge in [0.1, 0.15) is 0 Å². The van der Waals surface area contributed by atoms with Crippen LogP contribution in [-0.4, -0.2) is 29.7 Å². The lowest BCUT2D eigenvalue weighted by Gasteiger charge is -2.46. The number of carbonyl (C=O) groups excluding carboxylic acids is 1. The van der Waals surface area contributed by atoms with Crippen molar-refractivity contribution < 1.29 is 4.79 Å². The lowest BCUT2D eigenvalue weighted by Crippen LogP contribution is -2.66. The Morgan fingerprint density at radius 3 is 2.69 bits per heavy atom. The largest absolute Gasteiger partial charge is 0.360 e. The van der Waals surface area contributed by atoms with Crippen LogP contribution in [0.25, 0.3) is 0 Å². The number of hydrogen-bond donors (Lipinski definition) is 3. The monoisotopic (exact) mass is 350 g/mol. The molecule has 0 bridgehead atoms. The van der Waals surface area contributed by atoms with E-state index >= 15 is 0 Å². The van der Waals surface area contributed by atoms with Crippen molar-refractivity contribution in [1.29, 1.82) is 0 Å². The van der Waals surface area contributed by atoms with Crippen LogP contribution >= 0.6 is 0 Å². The third-order valence-electron chi connectivity index (χ3n) is 6.12. The number of amides is 1. The summed E-state index contributed by atoms with van der Waals surface area (Å²) in [7, 11) is 0. The molecule has 2 fully saturated rings. The fourth-order valence-electron chi connectivity index (χ4n) is 4.65. The minimum absolute atomic E-state index is 0.0622. The van der Waals surface area contributed by atoms with Gasteiger partial charge in [0.05, 0.1) is 0 Å². The first-order chi connectivity index (χ1) is 12.8. The predicted molar refractivity (Wildman–Crippen MR) is 100 cm³/mol. The molecule has 1 aliphatic carbocycles. The Morgan fingerprint density at radius 2 is 1.96 bits per heavy atom. The summed E-state index contributed by atoms with van der Waals surface area (Å²) in [4.78, 5) is 13.0. The van der Waals surface area contributed by atoms with Crippen molar-refractivity contribution in [3.8, 4) is 0 Å². The van der Waals surface area contributed by atoms with E-state index in [4.69, 9.17) is 0 Å². The van der Waals surface area contributed by atoms with Crippen molar-refractivity contribution in [2.75, 3.05) is 13.1 Å². The average molecular weight is 350 g/mol. The van der Waals surface area contributed by atoms with Gasteiger partial charge < -0.3 is 16.1 Å². The summed E-state index contributed by atoms with van der Waals surface area (Å²) in [6.07, 6.45) is 9.40. The summed E-state index contributed by atoms with van der Waals surface area (Å²) in [5.74, 6) is 1.04. The highest BCUT2D eigenvalue weighted by molar-refractivity contribution is 5.90. The normalized spacial score (nSPS) is 30.8. The van der Waals surface area contributed by atoms with Gasteiger partial charge in [-0.15, -0.1) is 0 Å². The van der Waals surface area contributed by atoms with Crippen molar-refractivity contribution in [3.63, 3.8) is 0 Å². The molecular formula is C21H26N4O. The molecule has 1 aromatic carbocycles. The number of rotatable bonds is 4. The maximum absolute atomic E-state index is 13.0. The zero-order valence-corrected chi connectivity index (χ0v) is 15.0. The van der Waals surface area contributed by atoms with E-state index in [-0.39, 0.29) is 5.91 Å². The van der Waals surface area contributed by atoms with Crippen LogP contribution in [0, 0.1) is 11.8 Å². The first kappa shape index (κ1) is 15.9. The second kappa shape index (κ2) is 6.16. The lowest BCUT2D eigenvalue weighted by molar-refractivity contribution is -0.135. The SMILES string of the molecule is O=C1C=C(C2CCCNC2)NC2(Cc3ccccc3)C(C3CC3)=CNN12. The van der Waals surface area contributed by atoms with Crippen LogP contribution in [0.4, 0.5) is 0 Å². The Morgan fingerprint density at radius 1 is 1.12 bits per heavy atom. The van der Waals surface area contributed by atoms with Crippen molar-refractivity contribution in [2.45, 2.75) is 37.8 Å². The number of hydrogen-bond acceptors (Lipinski definition) is 4. The second-order valence-corrected chi connectivity index (χ2v) is 7.97. The van der Waals surface area contributed by atoms with Gasteiger partial charge in [-0.3, -0.25) is 4.79 Å². The Labute approximate surface area is 154 Å². The van der Waals surface area contributed by atoms with E-state index in [9.17, 15) is 4.79 Å². The number of nitrogens with zero attached hydrogens (tertiary/aromatic N) is 1. The fraction of sp³-hybridized carbons (Fsp3) is 0.476. The Balaban J connectivity index is 1.52. The van der Waals surface area contributed by atoms with Gasteiger partial charge in [0, 0.05) is 36.9 Å². The topological polar surface area (TPSA) is 56.4 Å². The zero-order chi connectivity index (χ0) is 17.6. The molecule has 3 N–H and O–H groups in total. The average Bonchev–Trinajstić information content (AvgIpc) is 3.44. The number of carbonyl (C=O) groups is 1. The second-order valence-electron chi connectivity index (χ2n) is 7.97. The molecule has 1 saturated heterocycles. The van der Waals surface area contributed by atoms with E-state index in [0.29, 0.717) is 11.8 Å². The smallest absolute Gasteiger partial charge is 0.269 e. The Hall–Kier alpha value is -2.27. The highest BCUT2D eigenvalue weighted by atomic mass is 16.2. The van der Waals surface area contributed by atoms with Gasteiger partial charge in [-0.1, -0.05) is 30.3 Å². The molecule has 2 atom stereocenters. The molecular weight excluding hydrogens is 324 g/mol. The van der Waals surface area contributed by atoms with Crippen LogP contribution in [0.2, 0.25) is 0 Å². The molecule has 0 radical (unpaired) electrons. The molecule has 3 aliphatic heterocycles. The molecule has 1 saturated carbocycles. The highest BCUT2D eigenvalue weighted by Gasteiger charge is 2.53. The maximum atomic E-state index is 13.0. The van der Waals surface area contributed by atoms with Crippen molar-refractivity contribution in [2.24, 2.45) is 11.8 Å². The lowest BCUT2D eigenvalue weighted by atomic mass is 9.85. The minimum atomic E-state index is -0.471. The molecule has 0 spiro atoms. The molecule has 136 valence electrons. The molecule has 5 rings (SSSR count). The minimum Gasteiger partial charge on any atom is -0.360 e. The van der Waals surface area contributed by atoms with E-state index in [2.05, 4.69) is 46.5 Å². The summed E-state index contributed by atoms with van der Waals surface area (Å²) < 4.78 is 0. The van der Waals surface area contributed by atoms with Gasteiger partial charge in [-0.25, -0.2) is 5.01 Å². The van der Waals surface area contributed by atoms with Gasteiger partial charge in [0.15, 0.2) is 5.66 Å². The van der Waals surface area contributed by atoms with Crippen molar-refractivity contribution in [1.82, 2.24) is 21.1 Å². The molecule has 26 heavy (non-hydrogen) atoms. The molecule has 3 heterocycles. The molecule has 4 aliphatic rings. The highest BCUT2D eigenvalue weighted by Crippen LogP contribution is 2.47. The molecule has 5 heteroatoms. The molecule has 1 amide bonds. The number of fused-ring (bicyclic) bond motifs is 1. The van der Waals surface area contributed by atoms with Gasteiger partial charge in [-0.05, 0) is 49.3 Å². The van der Waals surface area contributed by atoms with Crippen LogP contribution in [0.15, 0.2) is 53.9 Å². The summed E-state index contributed by atoms with van der Waals surface area (Å²) >= 11 is 0. The van der Waals surface area contributed by atoms with Gasteiger partial charge in [0.25, 0.3) is 5.91 Å². The van der Waals surface area contributed by atoms with E-state index in [1.54, 1.807) is 6.08 Å². The first-order valence-corrected chi connectivity index (χ1v) is 9.81. The van der Waals surface area contributed by atoms with Gasteiger partial charge in [0.2, 0.25) is 0 Å². The number of benzene rings is 1. The van der Waals surface area contributed by atoms with E-state index < -0.39 is 5.66 Å². The van der Waals surface area contributed by atoms with Gasteiger partial charge >= 0.3 is 0 Å². The molecule has 5 nitrogen and oxygen atoms in total. The Kier molecular flexibility index (Phi) is 3.78. The summed E-state index contributed by atoms with van der Waals surface area (Å²) in [5.41, 5.74) is 6.48. The summed E-state index contributed by atoms with van der Waals surface area (Å²) in [6.45, 7) is 2.03. The van der Waals surface area contributed by atoms with E-state index in [1.807, 2.05) is 11.1 Å². The molecule has 0 aromatic heterocycles. The third kappa shape index (κ3) is 2.62. The van der Waals surface area contributed by atoms with Crippen molar-refractivity contribution in [3.05, 3.63) is 59.4 Å². The van der Waals surface area contributed by atoms with Crippen LogP contribution in [-0.2, 0) is 11.2 Å². The van der Waals surface area contributed by atoms with Crippen LogP contribution < -0.4 is 16.1 Å². The van der Waals surface area contributed by atoms with Crippen LogP contribution in [0.3, 0.4) is 0 Å². The third-order valence-corrected chi connectivity index (χ3v) is 6.12. The van der Waals surface area contributed by atoms with E-state index in [0.717, 1.165) is 38.0 Å². The van der Waals surface area contributed by atoms with Crippen molar-refractivity contribution >= 4 is 5.91 Å². The summed E-state index contributed by atoms with van der Waals surface area (Å²) in [6, 6.07) is 10.5. The Bertz CT molecular complexity index is 761. The van der Waals surface area contributed by atoms with Gasteiger partial charge in [-0.2, -0.15) is 0 Å². The quantitative estimate of drug-likeness (QED) is 0.778. The first-order valence-electron chi connectivity index (χ1n) is 9.81. The zero-order valence-electron chi connectivity index (χ0n) is 15.0. The summed E-state index contributed by atoms with van der Waals surface area (Å²) in [5, 5.41) is 9.14. The predicted octanol–water partition coefficient (Wildman–Crippen LogP) is 2.05. The molecule has 1 aromatic rings. The van der Waals surface area contributed by atoms with E-state index in [1.165, 1.54) is 24.0 Å². The van der Waals surface area contributed by atoms with Crippen LogP contribution in [0.1, 0.15) is 31.2 Å². The fourth-order valence-corrected chi connectivity index (χ4v) is 4.65. The number of piperidine rings is 1. The number of nitrogens with one attached hydrogen (secondary N) is 3.